The number of thioether (sulfide) groups is 1. The van der Waals surface area contributed by atoms with E-state index in [1.807, 2.05) is 0 Å². The number of benzene rings is 1. The molecule has 0 amide bonds. The van der Waals surface area contributed by atoms with Gasteiger partial charge in [0.15, 0.2) is 0 Å². The Bertz CT molecular complexity index is 363. The van der Waals surface area contributed by atoms with Crippen molar-refractivity contribution < 1.29 is 0 Å². The van der Waals surface area contributed by atoms with Gasteiger partial charge in [0.05, 0.1) is 0 Å². The Morgan fingerprint density at radius 2 is 2.06 bits per heavy atom. The molecule has 2 nitrogen and oxygen atoms in total. The Kier molecular flexibility index (Phi) is 5.10. The summed E-state index contributed by atoms with van der Waals surface area (Å²) in [6.45, 7) is 3.07. The van der Waals surface area contributed by atoms with Crippen molar-refractivity contribution in [1.82, 2.24) is 5.32 Å². The molecule has 18 heavy (non-hydrogen) atoms. The summed E-state index contributed by atoms with van der Waals surface area (Å²) in [5, 5.41) is 3.75. The second-order valence-electron chi connectivity index (χ2n) is 5.19. The van der Waals surface area contributed by atoms with Crippen LogP contribution >= 0.6 is 11.8 Å². The molecule has 0 radical (unpaired) electrons. The molecule has 0 bridgehead atoms. The van der Waals surface area contributed by atoms with Gasteiger partial charge in [-0.15, -0.1) is 11.8 Å². The van der Waals surface area contributed by atoms with Gasteiger partial charge in [-0.3, -0.25) is 0 Å². The maximum absolute atomic E-state index is 5.83. The number of hydrogen-bond acceptors (Lipinski definition) is 3. The van der Waals surface area contributed by atoms with Gasteiger partial charge in [-0.05, 0) is 56.2 Å². The Hall–Kier alpha value is -0.510. The quantitative estimate of drug-likeness (QED) is 0.802. The van der Waals surface area contributed by atoms with Gasteiger partial charge < -0.3 is 11.1 Å². The van der Waals surface area contributed by atoms with E-state index in [9.17, 15) is 0 Å². The summed E-state index contributed by atoms with van der Waals surface area (Å²) in [6, 6.07) is 9.88. The summed E-state index contributed by atoms with van der Waals surface area (Å²) in [4.78, 5) is 1.33. The SMILES string of the molecule is CSc1ccc(C(C)NC2CCCC2CN)cc1. The molecule has 1 aromatic carbocycles. The molecular weight excluding hydrogens is 240 g/mol. The van der Waals surface area contributed by atoms with Crippen LogP contribution in [0.3, 0.4) is 0 Å². The molecule has 0 aliphatic heterocycles. The Balaban J connectivity index is 1.95. The minimum Gasteiger partial charge on any atom is -0.330 e. The van der Waals surface area contributed by atoms with Gasteiger partial charge in [-0.2, -0.15) is 0 Å². The summed E-state index contributed by atoms with van der Waals surface area (Å²) < 4.78 is 0. The van der Waals surface area contributed by atoms with Crippen molar-refractivity contribution in [2.24, 2.45) is 11.7 Å². The smallest absolute Gasteiger partial charge is 0.0294 e. The zero-order valence-corrected chi connectivity index (χ0v) is 12.2. The largest absolute Gasteiger partial charge is 0.330 e. The summed E-state index contributed by atoms with van der Waals surface area (Å²) in [5.41, 5.74) is 7.20. The van der Waals surface area contributed by atoms with Crippen LogP contribution in [0, 0.1) is 5.92 Å². The molecule has 3 unspecified atom stereocenters. The van der Waals surface area contributed by atoms with Crippen molar-refractivity contribution in [1.29, 1.82) is 0 Å². The van der Waals surface area contributed by atoms with E-state index in [0.29, 0.717) is 18.0 Å². The van der Waals surface area contributed by atoms with Crippen molar-refractivity contribution in [3.63, 3.8) is 0 Å². The molecule has 2 rings (SSSR count). The fourth-order valence-electron chi connectivity index (χ4n) is 2.85. The third-order valence-electron chi connectivity index (χ3n) is 4.04. The topological polar surface area (TPSA) is 38.0 Å². The fourth-order valence-corrected chi connectivity index (χ4v) is 3.26. The molecule has 1 aromatic rings. The van der Waals surface area contributed by atoms with Crippen LogP contribution in [0.4, 0.5) is 0 Å². The minimum absolute atomic E-state index is 0.415. The van der Waals surface area contributed by atoms with Crippen molar-refractivity contribution in [2.75, 3.05) is 12.8 Å². The van der Waals surface area contributed by atoms with E-state index in [1.54, 1.807) is 11.8 Å². The fraction of sp³-hybridized carbons (Fsp3) is 0.600. The number of nitrogens with one attached hydrogen (secondary N) is 1. The zero-order chi connectivity index (χ0) is 13.0. The number of rotatable bonds is 5. The number of nitrogens with two attached hydrogens (primary N) is 1. The number of hydrogen-bond donors (Lipinski definition) is 2. The van der Waals surface area contributed by atoms with E-state index in [1.165, 1.54) is 29.7 Å². The van der Waals surface area contributed by atoms with E-state index < -0.39 is 0 Å². The van der Waals surface area contributed by atoms with Crippen LogP contribution < -0.4 is 11.1 Å². The highest BCUT2D eigenvalue weighted by Crippen LogP contribution is 2.27. The molecule has 0 aromatic heterocycles. The lowest BCUT2D eigenvalue weighted by atomic mass is 10.0. The molecule has 3 N–H and O–H groups in total. The highest BCUT2D eigenvalue weighted by molar-refractivity contribution is 7.98. The monoisotopic (exact) mass is 264 g/mol. The van der Waals surface area contributed by atoms with Crippen LogP contribution in [0.1, 0.15) is 37.8 Å². The summed E-state index contributed by atoms with van der Waals surface area (Å²) in [5.74, 6) is 0.665. The highest BCUT2D eigenvalue weighted by Gasteiger charge is 2.27. The lowest BCUT2D eigenvalue weighted by molar-refractivity contribution is 0.373. The molecule has 1 aliphatic rings. The first-order valence-corrected chi connectivity index (χ1v) is 8.07. The molecule has 100 valence electrons. The lowest BCUT2D eigenvalue weighted by Gasteiger charge is -2.24. The van der Waals surface area contributed by atoms with Crippen molar-refractivity contribution in [3.8, 4) is 0 Å². The van der Waals surface area contributed by atoms with Crippen molar-refractivity contribution >= 4 is 11.8 Å². The van der Waals surface area contributed by atoms with Gasteiger partial charge >= 0.3 is 0 Å². The van der Waals surface area contributed by atoms with Crippen LogP contribution in [0.2, 0.25) is 0 Å². The second kappa shape index (κ2) is 6.60. The first-order valence-electron chi connectivity index (χ1n) is 6.84. The van der Waals surface area contributed by atoms with Crippen LogP contribution in [0.15, 0.2) is 29.2 Å². The Morgan fingerprint density at radius 3 is 2.67 bits per heavy atom. The van der Waals surface area contributed by atoms with Gasteiger partial charge in [0.1, 0.15) is 0 Å². The van der Waals surface area contributed by atoms with Crippen LogP contribution in [0.5, 0.6) is 0 Å². The van der Waals surface area contributed by atoms with Gasteiger partial charge in [0.2, 0.25) is 0 Å². The van der Waals surface area contributed by atoms with Crippen LogP contribution in [-0.2, 0) is 0 Å². The molecule has 1 saturated carbocycles. The van der Waals surface area contributed by atoms with E-state index in [0.717, 1.165) is 6.54 Å². The second-order valence-corrected chi connectivity index (χ2v) is 6.07. The Morgan fingerprint density at radius 1 is 1.33 bits per heavy atom. The predicted octanol–water partition coefficient (Wildman–Crippen LogP) is 3.19. The van der Waals surface area contributed by atoms with Crippen molar-refractivity contribution in [3.05, 3.63) is 29.8 Å². The maximum atomic E-state index is 5.83. The maximum Gasteiger partial charge on any atom is 0.0294 e. The first kappa shape index (κ1) is 13.9. The van der Waals surface area contributed by atoms with E-state index in [2.05, 4.69) is 42.8 Å². The standard InChI is InChI=1S/C15H24N2S/c1-11(12-6-8-14(18-2)9-7-12)17-15-5-3-4-13(15)10-16/h6-9,11,13,15,17H,3-5,10,16H2,1-2H3. The normalized spacial score (nSPS) is 25.3. The molecule has 3 heteroatoms. The minimum atomic E-state index is 0.415. The first-order chi connectivity index (χ1) is 8.74. The third kappa shape index (κ3) is 3.28. The summed E-state index contributed by atoms with van der Waals surface area (Å²) in [6.07, 6.45) is 5.99. The molecule has 0 saturated heterocycles. The molecule has 1 fully saturated rings. The highest BCUT2D eigenvalue weighted by atomic mass is 32.2. The molecular formula is C15H24N2S. The van der Waals surface area contributed by atoms with Crippen LogP contribution in [0.25, 0.3) is 0 Å². The average Bonchev–Trinajstić information content (AvgIpc) is 2.86. The van der Waals surface area contributed by atoms with E-state index in [-0.39, 0.29) is 0 Å². The molecule has 3 atom stereocenters. The average molecular weight is 264 g/mol. The van der Waals surface area contributed by atoms with E-state index >= 15 is 0 Å². The Labute approximate surface area is 115 Å². The predicted molar refractivity (Wildman–Crippen MR) is 80.0 cm³/mol. The third-order valence-corrected chi connectivity index (χ3v) is 4.79. The molecule has 0 spiro atoms. The van der Waals surface area contributed by atoms with Gasteiger partial charge in [0.25, 0.3) is 0 Å². The molecule has 1 aliphatic carbocycles. The summed E-state index contributed by atoms with van der Waals surface area (Å²) >= 11 is 1.79. The summed E-state index contributed by atoms with van der Waals surface area (Å²) in [7, 11) is 0. The van der Waals surface area contributed by atoms with E-state index in [4.69, 9.17) is 5.73 Å². The lowest BCUT2D eigenvalue weighted by Crippen LogP contribution is -2.37. The van der Waals surface area contributed by atoms with Gasteiger partial charge in [0, 0.05) is 17.0 Å². The van der Waals surface area contributed by atoms with Gasteiger partial charge in [-0.1, -0.05) is 18.6 Å². The van der Waals surface area contributed by atoms with Crippen LogP contribution in [-0.4, -0.2) is 18.8 Å². The van der Waals surface area contributed by atoms with Crippen molar-refractivity contribution in [2.45, 2.75) is 43.2 Å². The van der Waals surface area contributed by atoms with Gasteiger partial charge in [-0.25, -0.2) is 0 Å². The zero-order valence-electron chi connectivity index (χ0n) is 11.4. The molecule has 0 heterocycles.